The molecule has 0 N–H and O–H groups in total. The molecule has 0 unspecified atom stereocenters. The molecule has 3 aromatic rings. The number of alkyl halides is 3. The van der Waals surface area contributed by atoms with Crippen LogP contribution in [0.2, 0.25) is 0 Å². The van der Waals surface area contributed by atoms with Crippen molar-refractivity contribution < 1.29 is 27.1 Å². The smallest absolute Gasteiger partial charge is 0.416 e. The molecule has 10 heteroatoms. The van der Waals surface area contributed by atoms with Crippen molar-refractivity contribution in [3.8, 4) is 17.2 Å². The zero-order chi connectivity index (χ0) is 22.9. The van der Waals surface area contributed by atoms with Gasteiger partial charge in [-0.3, -0.25) is 4.79 Å². The Kier molecular flexibility index (Phi) is 5.88. The van der Waals surface area contributed by atoms with E-state index >= 15 is 0 Å². The number of likely N-dealkylation sites (tertiary alicyclic amines) is 1. The van der Waals surface area contributed by atoms with Crippen LogP contribution in [0, 0.1) is 0 Å². The Hall–Kier alpha value is -3.40. The number of halogens is 3. The summed E-state index contributed by atoms with van der Waals surface area (Å²) in [5.41, 5.74) is 0.691. The fourth-order valence-corrected chi connectivity index (χ4v) is 3.27. The molecule has 168 valence electrons. The van der Waals surface area contributed by atoms with Gasteiger partial charge in [-0.25, -0.2) is 0 Å². The number of carbonyl (C=O) groups excluding carboxylic acids is 1. The molecule has 1 aliphatic heterocycles. The molecular weight excluding hydrogens is 425 g/mol. The Morgan fingerprint density at radius 1 is 1.09 bits per heavy atom. The number of ether oxygens (including phenoxy) is 1. The Morgan fingerprint density at radius 3 is 2.34 bits per heavy atom. The average molecular weight is 446 g/mol. The third kappa shape index (κ3) is 4.91. The summed E-state index contributed by atoms with van der Waals surface area (Å²) in [5, 5.41) is 7.51. The molecule has 0 saturated carbocycles. The van der Waals surface area contributed by atoms with E-state index in [1.54, 1.807) is 0 Å². The molecule has 4 rings (SSSR count). The minimum absolute atomic E-state index is 0.0202. The zero-order valence-electron chi connectivity index (χ0n) is 17.5. The second-order valence-corrected chi connectivity index (χ2v) is 7.82. The van der Waals surface area contributed by atoms with Gasteiger partial charge in [0.15, 0.2) is 0 Å². The lowest BCUT2D eigenvalue weighted by atomic mass is 10.1. The summed E-state index contributed by atoms with van der Waals surface area (Å²) < 4.78 is 49.3. The minimum Gasteiger partial charge on any atom is -0.487 e. The number of hydrogen-bond donors (Lipinski definition) is 0. The highest BCUT2D eigenvalue weighted by Gasteiger charge is 2.35. The molecule has 1 saturated heterocycles. The molecular formula is C22H21F3N4O3. The Labute approximate surface area is 182 Å². The Morgan fingerprint density at radius 2 is 1.75 bits per heavy atom. The van der Waals surface area contributed by atoms with Gasteiger partial charge in [-0.05, 0) is 56.1 Å². The Bertz CT molecular complexity index is 1070. The summed E-state index contributed by atoms with van der Waals surface area (Å²) in [6.45, 7) is 1.58. The van der Waals surface area contributed by atoms with Crippen LogP contribution in [0.5, 0.6) is 5.75 Å². The average Bonchev–Trinajstić information content (AvgIpc) is 3.20. The quantitative estimate of drug-likeness (QED) is 0.575. The predicted molar refractivity (Wildman–Crippen MR) is 109 cm³/mol. The van der Waals surface area contributed by atoms with Crippen LogP contribution in [0.1, 0.15) is 21.8 Å². The van der Waals surface area contributed by atoms with Crippen molar-refractivity contribution in [1.82, 2.24) is 20.0 Å². The normalized spacial score (nSPS) is 14.5. The molecule has 0 aliphatic carbocycles. The van der Waals surface area contributed by atoms with Gasteiger partial charge in [0, 0.05) is 12.1 Å². The molecule has 0 spiro atoms. The Balaban J connectivity index is 1.31. The molecule has 1 aliphatic rings. The van der Waals surface area contributed by atoms with Crippen LogP contribution in [0.3, 0.4) is 0 Å². The van der Waals surface area contributed by atoms with Crippen LogP contribution in [0.25, 0.3) is 11.5 Å². The maximum atomic E-state index is 12.7. The SMILES string of the molecule is CN(C)Cc1ccc(OC2CN(C(=O)c3nnc(-c4ccc(C(F)(F)F)cc4)o3)C2)cc1. The van der Waals surface area contributed by atoms with Gasteiger partial charge in [0.2, 0.25) is 5.89 Å². The van der Waals surface area contributed by atoms with Crippen molar-refractivity contribution in [2.45, 2.75) is 18.8 Å². The highest BCUT2D eigenvalue weighted by atomic mass is 19.4. The number of aromatic nitrogens is 2. The second kappa shape index (κ2) is 8.62. The monoisotopic (exact) mass is 446 g/mol. The van der Waals surface area contributed by atoms with E-state index in [2.05, 4.69) is 15.1 Å². The summed E-state index contributed by atoms with van der Waals surface area (Å²) >= 11 is 0. The summed E-state index contributed by atoms with van der Waals surface area (Å²) in [5.74, 6) is 0.0448. The molecule has 7 nitrogen and oxygen atoms in total. The van der Waals surface area contributed by atoms with Crippen LogP contribution in [0.4, 0.5) is 13.2 Å². The van der Waals surface area contributed by atoms with Gasteiger partial charge >= 0.3 is 18.0 Å². The van der Waals surface area contributed by atoms with E-state index in [1.807, 2.05) is 38.4 Å². The van der Waals surface area contributed by atoms with Crippen LogP contribution in [-0.2, 0) is 12.7 Å². The van der Waals surface area contributed by atoms with E-state index in [1.165, 1.54) is 22.6 Å². The fraction of sp³-hybridized carbons (Fsp3) is 0.318. The van der Waals surface area contributed by atoms with Gasteiger partial charge < -0.3 is 19.0 Å². The number of benzene rings is 2. The van der Waals surface area contributed by atoms with Crippen molar-refractivity contribution in [2.24, 2.45) is 0 Å². The predicted octanol–water partition coefficient (Wildman–Crippen LogP) is 3.72. The van der Waals surface area contributed by atoms with E-state index in [0.717, 1.165) is 24.4 Å². The summed E-state index contributed by atoms with van der Waals surface area (Å²) in [6, 6.07) is 12.1. The van der Waals surface area contributed by atoms with Crippen molar-refractivity contribution in [3.05, 3.63) is 65.5 Å². The first-order valence-electron chi connectivity index (χ1n) is 9.90. The summed E-state index contributed by atoms with van der Waals surface area (Å²) in [4.78, 5) is 16.1. The zero-order valence-corrected chi connectivity index (χ0v) is 17.5. The maximum Gasteiger partial charge on any atom is 0.416 e. The number of amides is 1. The molecule has 0 radical (unpaired) electrons. The van der Waals surface area contributed by atoms with E-state index in [4.69, 9.17) is 9.15 Å². The first-order chi connectivity index (χ1) is 15.2. The largest absolute Gasteiger partial charge is 0.487 e. The highest BCUT2D eigenvalue weighted by molar-refractivity contribution is 5.90. The lowest BCUT2D eigenvalue weighted by molar-refractivity contribution is -0.137. The lowest BCUT2D eigenvalue weighted by Crippen LogP contribution is -2.56. The first kappa shape index (κ1) is 21.8. The van der Waals surface area contributed by atoms with E-state index in [0.29, 0.717) is 18.7 Å². The third-order valence-corrected chi connectivity index (χ3v) is 4.93. The molecule has 2 heterocycles. The number of carbonyl (C=O) groups is 1. The fourth-order valence-electron chi connectivity index (χ4n) is 3.27. The molecule has 32 heavy (non-hydrogen) atoms. The van der Waals surface area contributed by atoms with Gasteiger partial charge in [0.25, 0.3) is 0 Å². The maximum absolute atomic E-state index is 12.7. The molecule has 2 aromatic carbocycles. The highest BCUT2D eigenvalue weighted by Crippen LogP contribution is 2.31. The number of nitrogens with zero attached hydrogens (tertiary/aromatic N) is 4. The van der Waals surface area contributed by atoms with Crippen molar-refractivity contribution in [2.75, 3.05) is 27.2 Å². The lowest BCUT2D eigenvalue weighted by Gasteiger charge is -2.38. The van der Waals surface area contributed by atoms with Crippen LogP contribution < -0.4 is 4.74 Å². The molecule has 0 bridgehead atoms. The second-order valence-electron chi connectivity index (χ2n) is 7.82. The summed E-state index contributed by atoms with van der Waals surface area (Å²) in [6.07, 6.45) is -4.57. The van der Waals surface area contributed by atoms with Crippen LogP contribution >= 0.6 is 0 Å². The van der Waals surface area contributed by atoms with E-state index in [9.17, 15) is 18.0 Å². The van der Waals surface area contributed by atoms with Gasteiger partial charge in [-0.2, -0.15) is 13.2 Å². The van der Waals surface area contributed by atoms with Gasteiger partial charge in [0.05, 0.1) is 18.7 Å². The standard InChI is InChI=1S/C22H21F3N4O3/c1-28(2)11-14-3-9-17(10-4-14)31-18-12-29(13-18)21(30)20-27-26-19(32-20)15-5-7-16(8-6-15)22(23,24)25/h3-10,18H,11-13H2,1-2H3. The number of hydrogen-bond acceptors (Lipinski definition) is 6. The van der Waals surface area contributed by atoms with E-state index in [-0.39, 0.29) is 17.9 Å². The molecule has 1 aromatic heterocycles. The minimum atomic E-state index is -4.43. The van der Waals surface area contributed by atoms with Gasteiger partial charge in [0.1, 0.15) is 11.9 Å². The van der Waals surface area contributed by atoms with Gasteiger partial charge in [-0.15, -0.1) is 10.2 Å². The first-order valence-corrected chi connectivity index (χ1v) is 9.90. The molecule has 1 fully saturated rings. The number of rotatable bonds is 6. The molecule has 1 amide bonds. The van der Waals surface area contributed by atoms with E-state index < -0.39 is 17.6 Å². The van der Waals surface area contributed by atoms with Crippen molar-refractivity contribution in [3.63, 3.8) is 0 Å². The third-order valence-electron chi connectivity index (χ3n) is 4.93. The molecule has 0 atom stereocenters. The summed E-state index contributed by atoms with van der Waals surface area (Å²) in [7, 11) is 4.00. The van der Waals surface area contributed by atoms with Crippen molar-refractivity contribution >= 4 is 5.91 Å². The van der Waals surface area contributed by atoms with Crippen LogP contribution in [0.15, 0.2) is 52.9 Å². The topological polar surface area (TPSA) is 71.7 Å². The van der Waals surface area contributed by atoms with Gasteiger partial charge in [-0.1, -0.05) is 12.1 Å². The van der Waals surface area contributed by atoms with Crippen LogP contribution in [-0.4, -0.2) is 59.2 Å². The van der Waals surface area contributed by atoms with Crippen molar-refractivity contribution in [1.29, 1.82) is 0 Å².